The molecule has 25 rings (SSSR count). The van der Waals surface area contributed by atoms with Gasteiger partial charge in [0.25, 0.3) is 25.2 Å². The molecule has 16 aromatic rings. The Hall–Kier alpha value is -11.8. The number of rotatable bonds is 12. The molecule has 16 aromatic carbocycles. The molecule has 720 valence electrons. The monoisotopic (exact) mass is 2420 g/mol. The zero-order chi connectivity index (χ0) is 98.2. The zero-order valence-electron chi connectivity index (χ0n) is 78.9. The van der Waals surface area contributed by atoms with E-state index in [1.807, 2.05) is 128 Å². The number of halogens is 8. The number of benzene rings is 16. The number of hydrogen-bond donors (Lipinski definition) is 0. The fraction of sp³-hybridized carbons (Fsp3) is 0.200. The predicted octanol–water partition coefficient (Wildman–Crippen LogP) is 37.1. The molecule has 0 aromatic heterocycles. The molecule has 1 aliphatic carbocycles. The molecule has 0 atom stereocenters. The van der Waals surface area contributed by atoms with E-state index in [1.165, 1.54) is 0 Å². The SMILES string of the molecule is Cc1cc(C)c2c(Br)c1Oc1cc3cc(c1Br)Oc1c(C)cc(C)c(c1Br)Oc1cc4cc(c1Br)Oc1c(C)cc(C)c(c1Br)Oc1cc5cc(c1Br)Oc1c(C)cc(C)c(c1Br)Oc1cc(cc(c1Br)O2)C1Oc2cc6c7cc2C(CCc2ccccc2)c2cc8c(cc2O1)OC5Oc1cc2c(cc1C8CCc1ccccc1)C(CCc1ccccc1)c1cc(c(cc1OC4O2)OC3O6)C7CCc1ccccc1. The van der Waals surface area contributed by atoms with Crippen molar-refractivity contribution in [2.24, 2.45) is 0 Å². The highest BCUT2D eigenvalue weighted by Crippen LogP contribution is 2.64. The summed E-state index contributed by atoms with van der Waals surface area (Å²) in [7, 11) is 0. The molecule has 0 amide bonds. The highest BCUT2D eigenvalue weighted by atomic mass is 79.9. The first-order valence-electron chi connectivity index (χ1n) is 48.0. The van der Waals surface area contributed by atoms with Gasteiger partial charge in [-0.2, -0.15) is 0 Å². The normalized spacial score (nSPS) is 18.0. The largest absolute Gasteiger partial charge is 0.454 e. The van der Waals surface area contributed by atoms with Crippen molar-refractivity contribution in [1.29, 1.82) is 0 Å². The van der Waals surface area contributed by atoms with Gasteiger partial charge in [-0.05, 0) is 398 Å². The van der Waals surface area contributed by atoms with E-state index in [1.54, 1.807) is 0 Å². The van der Waals surface area contributed by atoms with Crippen LogP contribution in [0.3, 0.4) is 0 Å². The van der Waals surface area contributed by atoms with Crippen LogP contribution in [-0.4, -0.2) is 0 Å². The maximum Gasteiger partial charge on any atom is 0.267 e. The highest BCUT2D eigenvalue weighted by Gasteiger charge is 2.45. The van der Waals surface area contributed by atoms with Crippen LogP contribution in [0.1, 0.15) is 208 Å². The van der Waals surface area contributed by atoms with Gasteiger partial charge < -0.3 is 75.8 Å². The average molecular weight is 2430 g/mol. The van der Waals surface area contributed by atoms with Crippen LogP contribution in [0.2, 0.25) is 0 Å². The average Bonchev–Trinajstić information content (AvgIpc) is 0.720. The quantitative estimate of drug-likeness (QED) is 0.114. The van der Waals surface area contributed by atoms with Crippen molar-refractivity contribution in [3.63, 3.8) is 0 Å². The van der Waals surface area contributed by atoms with Crippen molar-refractivity contribution in [2.45, 2.75) is 156 Å². The molecule has 0 spiro atoms. The van der Waals surface area contributed by atoms with Crippen molar-refractivity contribution in [3.05, 3.63) is 412 Å². The van der Waals surface area contributed by atoms with E-state index in [2.05, 4.69) is 297 Å². The summed E-state index contributed by atoms with van der Waals surface area (Å²) in [6.07, 6.45) is -0.911. The van der Waals surface area contributed by atoms with Gasteiger partial charge in [-0.25, -0.2) is 0 Å². The standard InChI is InChI=1S/C120H88Br8O16/c1-57-37-58(2)110-105(125)109(57)129-93-41-69-42-94(101(93)121)131-111-59(3)38-60(4)112(106(111)126)133-97-45-71-46-98(103(97)123)135-115-63(7)40-64(8)116(108(115)128)136-100-48-72-47-99(104(100)124)134-114-62(6)39-61(5)113(107(114)127)132-96-44-70(43-95(130-110)102(96)122)118-139-87-53-85-77-49-79(87)74(34-30-66-23-15-10-16-24-66)81-51-82-76(36-32-68-27-19-12-20-28-68)84-52-83-75(35-31-67-25-17-11-18-26-67)80-50-78(73(77)33-29-65-21-13-9-14-22-65)86(138-117(69)137-85)54-88(80)141-119(71)143-91(83)56-92(84)144-120(72)142-90(82)55-89(81)140-118/h9-28,37-56,73-76,117-120H,29-36H2,1-8H3. The van der Waals surface area contributed by atoms with Crippen molar-refractivity contribution >= 4 is 127 Å². The molecule has 16 nitrogen and oxygen atoms in total. The topological polar surface area (TPSA) is 148 Å². The second-order valence-corrected chi connectivity index (χ2v) is 44.7. The Bertz CT molecular complexity index is 6800. The molecule has 0 fully saturated rings. The fourth-order valence-corrected chi connectivity index (χ4v) is 26.4. The van der Waals surface area contributed by atoms with Crippen LogP contribution >= 0.6 is 127 Å². The van der Waals surface area contributed by atoms with Gasteiger partial charge in [0.1, 0.15) is 174 Å². The molecule has 40 bridgehead atoms. The molecule has 9 aliphatic rings. The van der Waals surface area contributed by atoms with Crippen LogP contribution in [-0.2, 0) is 25.7 Å². The van der Waals surface area contributed by atoms with Gasteiger partial charge in [-0.15, -0.1) is 0 Å². The minimum atomic E-state index is -1.38. The van der Waals surface area contributed by atoms with E-state index in [-0.39, 0.29) is 0 Å². The Labute approximate surface area is 900 Å². The summed E-state index contributed by atoms with van der Waals surface area (Å²) in [5.41, 5.74) is 19.4. The molecule has 144 heavy (non-hydrogen) atoms. The number of aryl methyl sites for hydroxylation is 12. The molecule has 24 heteroatoms. The lowest BCUT2D eigenvalue weighted by Crippen LogP contribution is -2.26. The van der Waals surface area contributed by atoms with Crippen LogP contribution < -0.4 is 75.8 Å². The third-order valence-corrected chi connectivity index (χ3v) is 34.8. The highest BCUT2D eigenvalue weighted by molar-refractivity contribution is 9.12. The van der Waals surface area contributed by atoms with Gasteiger partial charge >= 0.3 is 0 Å². The van der Waals surface area contributed by atoms with Gasteiger partial charge in [-0.3, -0.25) is 0 Å². The summed E-state index contributed by atoms with van der Waals surface area (Å²) < 4.78 is 130. The summed E-state index contributed by atoms with van der Waals surface area (Å²) in [5, 5.41) is 0. The van der Waals surface area contributed by atoms with E-state index in [0.717, 1.165) is 111 Å². The second kappa shape index (κ2) is 37.3. The number of ether oxygens (including phenoxy) is 16. The van der Waals surface area contributed by atoms with E-state index in [0.29, 0.717) is 247 Å². The van der Waals surface area contributed by atoms with E-state index >= 15 is 0 Å². The molecule has 0 radical (unpaired) electrons. The van der Waals surface area contributed by atoms with Crippen molar-refractivity contribution < 1.29 is 75.8 Å². The Morgan fingerprint density at radius 1 is 0.174 bits per heavy atom. The molecular weight excluding hydrogens is 2340 g/mol. The third-order valence-electron chi connectivity index (χ3n) is 28.8. The Morgan fingerprint density at radius 3 is 0.479 bits per heavy atom. The van der Waals surface area contributed by atoms with Gasteiger partial charge in [0.2, 0.25) is 0 Å². The van der Waals surface area contributed by atoms with E-state index in [9.17, 15) is 0 Å². The number of hydrogen-bond acceptors (Lipinski definition) is 16. The molecule has 8 heterocycles. The summed E-state index contributed by atoms with van der Waals surface area (Å²) in [6.45, 7) is 16.0. The minimum absolute atomic E-state index is 0.313. The molecule has 0 saturated carbocycles. The molecule has 8 aliphatic heterocycles. The van der Waals surface area contributed by atoms with Crippen molar-refractivity contribution in [2.75, 3.05) is 0 Å². The van der Waals surface area contributed by atoms with Crippen LogP contribution in [0.4, 0.5) is 0 Å². The summed E-state index contributed by atoms with van der Waals surface area (Å²) in [4.78, 5) is 0. The maximum atomic E-state index is 8.20. The van der Waals surface area contributed by atoms with Crippen molar-refractivity contribution in [1.82, 2.24) is 0 Å². The Kier molecular flexibility index (Phi) is 24.1. The smallest absolute Gasteiger partial charge is 0.267 e. The van der Waals surface area contributed by atoms with Crippen LogP contribution in [0.15, 0.2) is 278 Å². The van der Waals surface area contributed by atoms with Crippen LogP contribution in [0.5, 0.6) is 138 Å². The predicted molar refractivity (Wildman–Crippen MR) is 580 cm³/mol. The fourth-order valence-electron chi connectivity index (χ4n) is 21.7. The molecular formula is C120H88Br8O16. The summed E-state index contributed by atoms with van der Waals surface area (Å²) >= 11 is 33.5. The summed E-state index contributed by atoms with van der Waals surface area (Å²) in [5.74, 6) is 7.23. The Morgan fingerprint density at radius 2 is 0.326 bits per heavy atom. The maximum absolute atomic E-state index is 8.20. The first kappa shape index (κ1) is 93.2. The molecule has 0 N–H and O–H groups in total. The van der Waals surface area contributed by atoms with Gasteiger partial charge in [0, 0.05) is 115 Å². The molecule has 0 unspecified atom stereocenters. The summed E-state index contributed by atoms with van der Waals surface area (Å²) in [6, 6.07) is 84.4. The Balaban J connectivity index is 0.903. The lowest BCUT2D eigenvalue weighted by molar-refractivity contribution is -0.0123. The van der Waals surface area contributed by atoms with Crippen molar-refractivity contribution in [3.8, 4) is 138 Å². The van der Waals surface area contributed by atoms with Gasteiger partial charge in [-0.1, -0.05) is 121 Å². The second-order valence-electron chi connectivity index (χ2n) is 38.4. The lowest BCUT2D eigenvalue weighted by Gasteiger charge is -2.38. The van der Waals surface area contributed by atoms with E-state index < -0.39 is 48.8 Å². The first-order chi connectivity index (χ1) is 69.8. The minimum Gasteiger partial charge on any atom is -0.454 e. The first-order valence-corrected chi connectivity index (χ1v) is 54.3. The van der Waals surface area contributed by atoms with Crippen LogP contribution in [0, 0.1) is 55.4 Å². The van der Waals surface area contributed by atoms with Gasteiger partial charge in [0.15, 0.2) is 0 Å². The van der Waals surface area contributed by atoms with E-state index in [4.69, 9.17) is 75.8 Å². The third kappa shape index (κ3) is 16.7. The molecule has 0 saturated heterocycles. The zero-order valence-corrected chi connectivity index (χ0v) is 91.6. The lowest BCUT2D eigenvalue weighted by atomic mass is 9.75. The van der Waals surface area contributed by atoms with Gasteiger partial charge in [0.05, 0.1) is 0 Å². The number of fused-ring (bicyclic) bond motifs is 16. The van der Waals surface area contributed by atoms with Crippen LogP contribution in [0.25, 0.3) is 0 Å².